The molecule has 0 saturated heterocycles. The first-order chi connectivity index (χ1) is 14.5. The van der Waals surface area contributed by atoms with Crippen LogP contribution in [0.4, 0.5) is 5.69 Å². The standard InChI is InChI=1S/C23H18N2O4S/c1-14(21(26)18-13-24-19-9-3-2-8-17(18)19)29-23(28)15-6-4-7-16(12-15)25-22(27)20-10-5-11-30-20/h2-14,24H,1H3,(H,25,27). The van der Waals surface area contributed by atoms with E-state index in [-0.39, 0.29) is 17.3 Å². The second-order valence-corrected chi connectivity index (χ2v) is 7.62. The van der Waals surface area contributed by atoms with Crippen LogP contribution in [0.1, 0.15) is 37.3 Å². The molecule has 0 aliphatic heterocycles. The molecule has 0 aliphatic carbocycles. The van der Waals surface area contributed by atoms with Crippen molar-refractivity contribution in [2.75, 3.05) is 5.32 Å². The molecule has 2 N–H and O–H groups in total. The summed E-state index contributed by atoms with van der Waals surface area (Å²) in [5.41, 5.74) is 2.03. The van der Waals surface area contributed by atoms with Gasteiger partial charge in [-0.05, 0) is 42.6 Å². The first kappa shape index (κ1) is 19.6. The number of amides is 1. The van der Waals surface area contributed by atoms with Gasteiger partial charge in [-0.1, -0.05) is 30.3 Å². The van der Waals surface area contributed by atoms with Crippen molar-refractivity contribution in [3.05, 3.63) is 88.2 Å². The molecule has 1 unspecified atom stereocenters. The number of ether oxygens (including phenoxy) is 1. The number of hydrogen-bond acceptors (Lipinski definition) is 5. The number of aromatic amines is 1. The minimum Gasteiger partial charge on any atom is -0.451 e. The van der Waals surface area contributed by atoms with Gasteiger partial charge in [-0.2, -0.15) is 0 Å². The lowest BCUT2D eigenvalue weighted by Crippen LogP contribution is -2.24. The first-order valence-corrected chi connectivity index (χ1v) is 10.2. The van der Waals surface area contributed by atoms with E-state index in [4.69, 9.17) is 4.74 Å². The highest BCUT2D eigenvalue weighted by molar-refractivity contribution is 7.12. The number of benzene rings is 2. The molecule has 6 nitrogen and oxygen atoms in total. The number of esters is 1. The molecule has 4 aromatic rings. The lowest BCUT2D eigenvalue weighted by molar-refractivity contribution is 0.0319. The van der Waals surface area contributed by atoms with Gasteiger partial charge in [0.05, 0.1) is 10.4 Å². The fourth-order valence-electron chi connectivity index (χ4n) is 3.10. The van der Waals surface area contributed by atoms with E-state index < -0.39 is 12.1 Å². The summed E-state index contributed by atoms with van der Waals surface area (Å²) in [5.74, 6) is -1.18. The Morgan fingerprint density at radius 1 is 1.03 bits per heavy atom. The van der Waals surface area contributed by atoms with Crippen LogP contribution in [0.5, 0.6) is 0 Å². The average Bonchev–Trinajstić information content (AvgIpc) is 3.43. The third-order valence-electron chi connectivity index (χ3n) is 4.61. The van der Waals surface area contributed by atoms with Crippen LogP contribution in [0.25, 0.3) is 10.9 Å². The fourth-order valence-corrected chi connectivity index (χ4v) is 3.72. The van der Waals surface area contributed by atoms with E-state index in [1.165, 1.54) is 17.4 Å². The highest BCUT2D eigenvalue weighted by Gasteiger charge is 2.23. The second-order valence-electron chi connectivity index (χ2n) is 6.67. The van der Waals surface area contributed by atoms with Crippen LogP contribution >= 0.6 is 11.3 Å². The van der Waals surface area contributed by atoms with Gasteiger partial charge >= 0.3 is 5.97 Å². The van der Waals surface area contributed by atoms with Crippen LogP contribution in [0.2, 0.25) is 0 Å². The number of hydrogen-bond donors (Lipinski definition) is 2. The van der Waals surface area contributed by atoms with Crippen molar-refractivity contribution in [1.29, 1.82) is 0 Å². The molecule has 0 radical (unpaired) electrons. The van der Waals surface area contributed by atoms with E-state index in [9.17, 15) is 14.4 Å². The van der Waals surface area contributed by atoms with E-state index in [0.29, 0.717) is 16.1 Å². The monoisotopic (exact) mass is 418 g/mol. The van der Waals surface area contributed by atoms with E-state index in [1.807, 2.05) is 29.6 Å². The van der Waals surface area contributed by atoms with Gasteiger partial charge in [-0.15, -0.1) is 11.3 Å². The van der Waals surface area contributed by atoms with Crippen molar-refractivity contribution < 1.29 is 19.1 Å². The van der Waals surface area contributed by atoms with Crippen LogP contribution in [-0.2, 0) is 4.74 Å². The van der Waals surface area contributed by atoms with E-state index in [0.717, 1.165) is 10.9 Å². The second kappa shape index (κ2) is 8.34. The number of anilines is 1. The number of rotatable bonds is 6. The number of aromatic nitrogens is 1. The zero-order valence-electron chi connectivity index (χ0n) is 16.0. The number of nitrogens with one attached hydrogen (secondary N) is 2. The lowest BCUT2D eigenvalue weighted by atomic mass is 10.1. The molecule has 150 valence electrons. The summed E-state index contributed by atoms with van der Waals surface area (Å²) in [7, 11) is 0. The van der Waals surface area contributed by atoms with Crippen LogP contribution in [0.3, 0.4) is 0 Å². The number of H-pyrrole nitrogens is 1. The van der Waals surface area contributed by atoms with Gasteiger partial charge in [0.2, 0.25) is 5.78 Å². The largest absolute Gasteiger partial charge is 0.451 e. The average molecular weight is 418 g/mol. The normalized spacial score (nSPS) is 11.8. The Bertz CT molecular complexity index is 1230. The molecule has 2 aromatic heterocycles. The van der Waals surface area contributed by atoms with Crippen LogP contribution < -0.4 is 5.32 Å². The van der Waals surface area contributed by atoms with Crippen molar-refractivity contribution in [1.82, 2.24) is 4.98 Å². The summed E-state index contributed by atoms with van der Waals surface area (Å²) in [6, 6.07) is 17.4. The van der Waals surface area contributed by atoms with Gasteiger partial charge in [0.15, 0.2) is 6.10 Å². The Kier molecular flexibility index (Phi) is 5.45. The van der Waals surface area contributed by atoms with Crippen molar-refractivity contribution in [3.63, 3.8) is 0 Å². The maximum absolute atomic E-state index is 12.8. The molecule has 0 bridgehead atoms. The van der Waals surface area contributed by atoms with E-state index >= 15 is 0 Å². The molecule has 30 heavy (non-hydrogen) atoms. The number of thiophene rings is 1. The third-order valence-corrected chi connectivity index (χ3v) is 5.48. The predicted octanol–water partition coefficient (Wildman–Crippen LogP) is 4.91. The van der Waals surface area contributed by atoms with Gasteiger partial charge in [0.25, 0.3) is 5.91 Å². The predicted molar refractivity (Wildman–Crippen MR) is 116 cm³/mol. The Morgan fingerprint density at radius 2 is 1.87 bits per heavy atom. The van der Waals surface area contributed by atoms with E-state index in [2.05, 4.69) is 10.3 Å². The Morgan fingerprint density at radius 3 is 2.67 bits per heavy atom. The zero-order valence-corrected chi connectivity index (χ0v) is 16.9. The molecule has 1 amide bonds. The highest BCUT2D eigenvalue weighted by atomic mass is 32.1. The molecule has 2 aromatic carbocycles. The van der Waals surface area contributed by atoms with Gasteiger partial charge in [0.1, 0.15) is 0 Å². The van der Waals surface area contributed by atoms with Crippen molar-refractivity contribution in [2.45, 2.75) is 13.0 Å². The summed E-state index contributed by atoms with van der Waals surface area (Å²) in [5, 5.41) is 5.35. The van der Waals surface area contributed by atoms with Crippen molar-refractivity contribution >= 4 is 45.6 Å². The molecule has 0 saturated carbocycles. The van der Waals surface area contributed by atoms with Gasteiger partial charge in [-0.3, -0.25) is 9.59 Å². The summed E-state index contributed by atoms with van der Waals surface area (Å²) >= 11 is 1.33. The number of para-hydroxylation sites is 1. The number of carbonyl (C=O) groups excluding carboxylic acids is 3. The Labute approximate surface area is 176 Å². The molecule has 4 rings (SSSR count). The van der Waals surface area contributed by atoms with E-state index in [1.54, 1.807) is 43.5 Å². The fraction of sp³-hybridized carbons (Fsp3) is 0.0870. The summed E-state index contributed by atoms with van der Waals surface area (Å²) < 4.78 is 5.39. The van der Waals surface area contributed by atoms with Gasteiger partial charge in [0, 0.05) is 28.4 Å². The summed E-state index contributed by atoms with van der Waals surface area (Å²) in [6.07, 6.45) is 0.666. The van der Waals surface area contributed by atoms with Crippen LogP contribution in [-0.4, -0.2) is 28.7 Å². The zero-order chi connectivity index (χ0) is 21.1. The van der Waals surface area contributed by atoms with Crippen molar-refractivity contribution in [3.8, 4) is 0 Å². The summed E-state index contributed by atoms with van der Waals surface area (Å²) in [4.78, 5) is 41.2. The SMILES string of the molecule is CC(OC(=O)c1cccc(NC(=O)c2cccs2)c1)C(=O)c1c[nH]c2ccccc12. The molecule has 0 fully saturated rings. The number of carbonyl (C=O) groups is 3. The Hall–Kier alpha value is -3.71. The Balaban J connectivity index is 1.45. The quantitative estimate of drug-likeness (QED) is 0.344. The number of fused-ring (bicyclic) bond motifs is 1. The highest BCUT2D eigenvalue weighted by Crippen LogP contribution is 2.21. The molecule has 1 atom stereocenters. The van der Waals surface area contributed by atoms with Gasteiger partial charge in [-0.25, -0.2) is 4.79 Å². The topological polar surface area (TPSA) is 88.3 Å². The third kappa shape index (κ3) is 4.01. The van der Waals surface area contributed by atoms with Crippen molar-refractivity contribution in [2.24, 2.45) is 0 Å². The number of ketones is 1. The number of Topliss-reactive ketones (excluding diaryl/α,β-unsaturated/α-hetero) is 1. The smallest absolute Gasteiger partial charge is 0.338 e. The molecule has 0 spiro atoms. The lowest BCUT2D eigenvalue weighted by Gasteiger charge is -2.12. The molecular weight excluding hydrogens is 400 g/mol. The minimum atomic E-state index is -0.957. The maximum Gasteiger partial charge on any atom is 0.338 e. The molecule has 0 aliphatic rings. The van der Waals surface area contributed by atoms with Gasteiger partial charge < -0.3 is 15.0 Å². The molecule has 7 heteroatoms. The van der Waals surface area contributed by atoms with Crippen LogP contribution in [0.15, 0.2) is 72.2 Å². The maximum atomic E-state index is 12.8. The molecule has 2 heterocycles. The summed E-state index contributed by atoms with van der Waals surface area (Å²) in [6.45, 7) is 1.55. The molecular formula is C23H18N2O4S. The first-order valence-electron chi connectivity index (χ1n) is 9.29. The minimum absolute atomic E-state index is 0.248. The van der Waals surface area contributed by atoms with Crippen LogP contribution in [0, 0.1) is 0 Å².